The molecule has 1 aliphatic rings. The molecule has 0 N–H and O–H groups in total. The van der Waals surface area contributed by atoms with Crippen LogP contribution in [0.1, 0.15) is 35.1 Å². The summed E-state index contributed by atoms with van der Waals surface area (Å²) in [7, 11) is 0. The maximum Gasteiger partial charge on any atom is 0.284 e. The number of halogens is 1. The summed E-state index contributed by atoms with van der Waals surface area (Å²) in [5, 5.41) is 10.1. The van der Waals surface area contributed by atoms with Gasteiger partial charge in [0.15, 0.2) is 0 Å². The molecule has 1 atom stereocenters. The molecule has 0 saturated heterocycles. The molecule has 0 aromatic carbocycles. The van der Waals surface area contributed by atoms with E-state index in [-0.39, 0.29) is 0 Å². The molecule has 78 valence electrons. The lowest BCUT2D eigenvalue weighted by atomic mass is 9.88. The summed E-state index contributed by atoms with van der Waals surface area (Å²) in [5.74, 6) is 1.04. The third-order valence-corrected chi connectivity index (χ3v) is 4.08. The van der Waals surface area contributed by atoms with Crippen molar-refractivity contribution in [1.82, 2.24) is 10.2 Å². The van der Waals surface area contributed by atoms with E-state index in [0.717, 1.165) is 12.3 Å². The second-order valence-corrected chi connectivity index (χ2v) is 5.32. The Morgan fingerprint density at radius 2 is 2.40 bits per heavy atom. The van der Waals surface area contributed by atoms with Gasteiger partial charge in [-0.25, -0.2) is 0 Å². The molecular weight excluding hydrogens is 276 g/mol. The number of fused-ring (bicyclic) bond motifs is 1. The molecule has 3 nitrogen and oxygen atoms in total. The van der Waals surface area contributed by atoms with E-state index in [1.807, 2.05) is 11.3 Å². The Bertz CT molecular complexity index is 479. The molecule has 15 heavy (non-hydrogen) atoms. The Hall–Kier alpha value is -0.680. The van der Waals surface area contributed by atoms with E-state index in [2.05, 4.69) is 37.6 Å². The molecule has 2 heterocycles. The van der Waals surface area contributed by atoms with Gasteiger partial charge in [-0.15, -0.1) is 21.5 Å². The monoisotopic (exact) mass is 284 g/mol. The standard InChI is InChI=1S/C10H9BrN2OS/c11-10-13-12-9(14-10)7-2-1-3-8-6(7)4-5-15-8/h4-5,7H,1-3H2. The Morgan fingerprint density at radius 3 is 3.20 bits per heavy atom. The summed E-state index contributed by atoms with van der Waals surface area (Å²) < 4.78 is 5.45. The van der Waals surface area contributed by atoms with Gasteiger partial charge in [-0.05, 0) is 36.3 Å². The van der Waals surface area contributed by atoms with Crippen LogP contribution in [-0.2, 0) is 6.42 Å². The first kappa shape index (κ1) is 9.54. The van der Waals surface area contributed by atoms with Gasteiger partial charge >= 0.3 is 0 Å². The Labute approximate surface area is 99.7 Å². The average molecular weight is 285 g/mol. The van der Waals surface area contributed by atoms with Gasteiger partial charge in [0.25, 0.3) is 4.80 Å². The number of thiophene rings is 1. The largest absolute Gasteiger partial charge is 0.415 e. The van der Waals surface area contributed by atoms with Crippen molar-refractivity contribution in [1.29, 1.82) is 0 Å². The van der Waals surface area contributed by atoms with Gasteiger partial charge in [0.2, 0.25) is 5.89 Å². The molecule has 1 unspecified atom stereocenters. The maximum atomic E-state index is 5.45. The Morgan fingerprint density at radius 1 is 1.47 bits per heavy atom. The first-order valence-corrected chi connectivity index (χ1v) is 6.57. The van der Waals surface area contributed by atoms with E-state index >= 15 is 0 Å². The minimum Gasteiger partial charge on any atom is -0.415 e. The zero-order valence-electron chi connectivity index (χ0n) is 7.94. The highest BCUT2D eigenvalue weighted by molar-refractivity contribution is 9.10. The van der Waals surface area contributed by atoms with Crippen LogP contribution in [0, 0.1) is 0 Å². The summed E-state index contributed by atoms with van der Waals surface area (Å²) in [6, 6.07) is 2.18. The van der Waals surface area contributed by atoms with Crippen molar-refractivity contribution >= 4 is 27.3 Å². The topological polar surface area (TPSA) is 38.9 Å². The molecule has 0 saturated carbocycles. The molecule has 2 aromatic heterocycles. The molecule has 0 radical (unpaired) electrons. The fourth-order valence-corrected chi connectivity index (χ4v) is 3.33. The fraction of sp³-hybridized carbons (Fsp3) is 0.400. The van der Waals surface area contributed by atoms with Crippen LogP contribution in [0.25, 0.3) is 0 Å². The van der Waals surface area contributed by atoms with E-state index in [0.29, 0.717) is 10.7 Å². The highest BCUT2D eigenvalue weighted by atomic mass is 79.9. The normalized spacial score (nSPS) is 20.2. The molecule has 0 aliphatic heterocycles. The van der Waals surface area contributed by atoms with Crippen LogP contribution in [0.4, 0.5) is 0 Å². The SMILES string of the molecule is Brc1nnc(C2CCCc3sccc32)o1. The molecule has 2 aromatic rings. The van der Waals surface area contributed by atoms with Crippen molar-refractivity contribution in [3.05, 3.63) is 32.6 Å². The molecule has 0 spiro atoms. The van der Waals surface area contributed by atoms with Gasteiger partial charge in [-0.1, -0.05) is 0 Å². The van der Waals surface area contributed by atoms with Gasteiger partial charge < -0.3 is 4.42 Å². The molecule has 3 rings (SSSR count). The van der Waals surface area contributed by atoms with Crippen molar-refractivity contribution < 1.29 is 4.42 Å². The Balaban J connectivity index is 2.02. The van der Waals surface area contributed by atoms with Crippen molar-refractivity contribution in [3.63, 3.8) is 0 Å². The lowest BCUT2D eigenvalue weighted by molar-refractivity contribution is 0.429. The summed E-state index contributed by atoms with van der Waals surface area (Å²) in [5.41, 5.74) is 1.38. The number of hydrogen-bond acceptors (Lipinski definition) is 4. The van der Waals surface area contributed by atoms with Crippen LogP contribution >= 0.6 is 27.3 Å². The second-order valence-electron chi connectivity index (χ2n) is 3.64. The van der Waals surface area contributed by atoms with Gasteiger partial charge in [-0.2, -0.15) is 0 Å². The zero-order valence-corrected chi connectivity index (χ0v) is 10.3. The van der Waals surface area contributed by atoms with E-state index < -0.39 is 0 Å². The van der Waals surface area contributed by atoms with E-state index in [4.69, 9.17) is 4.42 Å². The maximum absolute atomic E-state index is 5.45. The quantitative estimate of drug-likeness (QED) is 0.806. The van der Waals surface area contributed by atoms with Crippen LogP contribution in [0.2, 0.25) is 0 Å². The minimum atomic E-state index is 0.304. The molecule has 0 amide bonds. The summed E-state index contributed by atoms with van der Waals surface area (Å²) in [6.07, 6.45) is 3.51. The third kappa shape index (κ3) is 1.63. The summed E-state index contributed by atoms with van der Waals surface area (Å²) in [6.45, 7) is 0. The second kappa shape index (κ2) is 3.72. The smallest absolute Gasteiger partial charge is 0.284 e. The van der Waals surface area contributed by atoms with Gasteiger partial charge in [0.05, 0.1) is 5.92 Å². The molecule has 0 bridgehead atoms. The van der Waals surface area contributed by atoms with Crippen LogP contribution in [0.3, 0.4) is 0 Å². The number of nitrogens with zero attached hydrogens (tertiary/aromatic N) is 2. The van der Waals surface area contributed by atoms with E-state index in [9.17, 15) is 0 Å². The molecular formula is C10H9BrN2OS. The van der Waals surface area contributed by atoms with Crippen molar-refractivity contribution in [2.45, 2.75) is 25.2 Å². The first-order chi connectivity index (χ1) is 7.34. The third-order valence-electron chi connectivity index (χ3n) is 2.77. The summed E-state index contributed by atoms with van der Waals surface area (Å²) >= 11 is 5.02. The number of aryl methyl sites for hydroxylation is 1. The highest BCUT2D eigenvalue weighted by Crippen LogP contribution is 2.38. The van der Waals surface area contributed by atoms with E-state index in [1.54, 1.807) is 0 Å². The lowest BCUT2D eigenvalue weighted by Crippen LogP contribution is -2.08. The number of aromatic nitrogens is 2. The molecule has 5 heteroatoms. The van der Waals surface area contributed by atoms with Crippen LogP contribution in [-0.4, -0.2) is 10.2 Å². The van der Waals surface area contributed by atoms with E-state index in [1.165, 1.54) is 23.3 Å². The van der Waals surface area contributed by atoms with Crippen molar-refractivity contribution in [3.8, 4) is 0 Å². The highest BCUT2D eigenvalue weighted by Gasteiger charge is 2.26. The predicted molar refractivity (Wildman–Crippen MR) is 61.1 cm³/mol. The number of rotatable bonds is 1. The molecule has 1 aliphatic carbocycles. The minimum absolute atomic E-state index is 0.304. The zero-order chi connectivity index (χ0) is 10.3. The van der Waals surface area contributed by atoms with Crippen LogP contribution < -0.4 is 0 Å². The average Bonchev–Trinajstić information content (AvgIpc) is 2.84. The van der Waals surface area contributed by atoms with Gasteiger partial charge in [-0.3, -0.25) is 0 Å². The number of hydrogen-bond donors (Lipinski definition) is 0. The first-order valence-electron chi connectivity index (χ1n) is 4.90. The molecule has 0 fully saturated rings. The Kier molecular flexibility index (Phi) is 2.36. The van der Waals surface area contributed by atoms with Crippen molar-refractivity contribution in [2.24, 2.45) is 0 Å². The van der Waals surface area contributed by atoms with Crippen LogP contribution in [0.5, 0.6) is 0 Å². The van der Waals surface area contributed by atoms with Crippen LogP contribution in [0.15, 0.2) is 20.7 Å². The lowest BCUT2D eigenvalue weighted by Gasteiger charge is -2.18. The summed E-state index contributed by atoms with van der Waals surface area (Å²) in [4.78, 5) is 1.94. The van der Waals surface area contributed by atoms with Gasteiger partial charge in [0.1, 0.15) is 0 Å². The van der Waals surface area contributed by atoms with Crippen molar-refractivity contribution in [2.75, 3.05) is 0 Å². The fourth-order valence-electron chi connectivity index (χ4n) is 2.10. The predicted octanol–water partition coefficient (Wildman–Crippen LogP) is 3.36. The van der Waals surface area contributed by atoms with Gasteiger partial charge in [0, 0.05) is 20.8 Å².